The van der Waals surface area contributed by atoms with Crippen LogP contribution in [0, 0.1) is 16.6 Å². The number of halogens is 1. The average molecular weight is 493 g/mol. The molecule has 3 aromatic rings. The standard InChI is InChI=1S/C26H27B3FN5O2/c1-24-6-7-25(2,14-24)12-16(11-24)35(3)22-5-4-20(32-33-22)18-9-19(30)17(10-21(18)36)15-8-23(34-31-13-15)37-26(27,28)29/h4-5,8-10,13,16,36H,6-7,11-12,14H2,1-3H3/t16?,24-,25+. The molecule has 184 valence electrons. The molecule has 7 nitrogen and oxygen atoms in total. The van der Waals surface area contributed by atoms with Crippen LogP contribution in [0.4, 0.5) is 10.2 Å². The first-order valence-corrected chi connectivity index (χ1v) is 12.3. The van der Waals surface area contributed by atoms with Gasteiger partial charge in [0.05, 0.1) is 11.9 Å². The maximum Gasteiger partial charge on any atom is 0.232 e. The Morgan fingerprint density at radius 1 is 1.03 bits per heavy atom. The summed E-state index contributed by atoms with van der Waals surface area (Å²) in [6.07, 6.45) is 7.42. The van der Waals surface area contributed by atoms with Gasteiger partial charge in [0.15, 0.2) is 5.82 Å². The number of hydrogen-bond acceptors (Lipinski definition) is 7. The summed E-state index contributed by atoms with van der Waals surface area (Å²) in [5.74, 6) is -0.104. The molecule has 37 heavy (non-hydrogen) atoms. The first-order chi connectivity index (χ1) is 17.3. The number of fused-ring (bicyclic) bond motifs is 2. The molecule has 2 heterocycles. The van der Waals surface area contributed by atoms with Crippen LogP contribution in [0.15, 0.2) is 36.5 Å². The number of nitrogens with zero attached hydrogens (tertiary/aromatic N) is 5. The van der Waals surface area contributed by atoms with Crippen molar-refractivity contribution < 1.29 is 14.2 Å². The third-order valence-electron chi connectivity index (χ3n) is 7.79. The zero-order valence-corrected chi connectivity index (χ0v) is 21.3. The van der Waals surface area contributed by atoms with Crippen LogP contribution in [0.3, 0.4) is 0 Å². The lowest BCUT2D eigenvalue weighted by atomic mass is 9.52. The first-order valence-electron chi connectivity index (χ1n) is 12.3. The van der Waals surface area contributed by atoms with Gasteiger partial charge in [-0.25, -0.2) is 4.39 Å². The van der Waals surface area contributed by atoms with Crippen molar-refractivity contribution >= 4 is 29.4 Å². The number of hydrogen-bond donors (Lipinski definition) is 1. The zero-order chi connectivity index (χ0) is 26.6. The maximum absolute atomic E-state index is 15.1. The normalized spacial score (nSPS) is 25.1. The van der Waals surface area contributed by atoms with Gasteiger partial charge in [0, 0.05) is 35.8 Å². The van der Waals surface area contributed by atoms with Gasteiger partial charge in [0.1, 0.15) is 35.1 Å². The fraction of sp³-hybridized carbons (Fsp3) is 0.462. The van der Waals surface area contributed by atoms with E-state index in [-0.39, 0.29) is 22.8 Å². The van der Waals surface area contributed by atoms with E-state index in [1.807, 2.05) is 6.07 Å². The summed E-state index contributed by atoms with van der Waals surface area (Å²) in [7, 11) is 18.3. The highest BCUT2D eigenvalue weighted by atomic mass is 19.1. The van der Waals surface area contributed by atoms with Crippen molar-refractivity contribution in [3.63, 3.8) is 0 Å². The highest BCUT2D eigenvalue weighted by molar-refractivity contribution is 6.58. The van der Waals surface area contributed by atoms with Gasteiger partial charge in [0.2, 0.25) is 5.88 Å². The number of phenols is 1. The summed E-state index contributed by atoms with van der Waals surface area (Å²) < 4.78 is 20.2. The molecule has 6 radical (unpaired) electrons. The average Bonchev–Trinajstić information content (AvgIpc) is 3.05. The van der Waals surface area contributed by atoms with Crippen molar-refractivity contribution in [2.75, 3.05) is 11.9 Å². The number of rotatable bonds is 6. The summed E-state index contributed by atoms with van der Waals surface area (Å²) >= 11 is 0. The Balaban J connectivity index is 1.37. The van der Waals surface area contributed by atoms with E-state index in [1.54, 1.807) is 6.07 Å². The lowest BCUT2D eigenvalue weighted by Crippen LogP contribution is -2.42. The highest BCUT2D eigenvalue weighted by Crippen LogP contribution is 2.58. The minimum absolute atomic E-state index is 0.0795. The van der Waals surface area contributed by atoms with Crippen LogP contribution in [0.25, 0.3) is 22.4 Å². The van der Waals surface area contributed by atoms with Crippen LogP contribution in [0.2, 0.25) is 0 Å². The van der Waals surface area contributed by atoms with E-state index < -0.39 is 11.1 Å². The molecule has 0 amide bonds. The van der Waals surface area contributed by atoms with Gasteiger partial charge in [-0.2, -0.15) is 5.10 Å². The quantitative estimate of drug-likeness (QED) is 0.525. The molecule has 2 aliphatic carbocycles. The number of phenolic OH excluding ortho intramolecular Hbond substituents is 1. The molecule has 2 aliphatic rings. The summed E-state index contributed by atoms with van der Waals surface area (Å²) in [6.45, 7) is 4.79. The van der Waals surface area contributed by atoms with Crippen LogP contribution in [0.5, 0.6) is 11.6 Å². The van der Waals surface area contributed by atoms with E-state index in [2.05, 4.69) is 46.2 Å². The number of aromatic hydroxyl groups is 1. The Morgan fingerprint density at radius 3 is 2.35 bits per heavy atom. The molecule has 1 aromatic carbocycles. The molecule has 0 spiro atoms. The Bertz CT molecular complexity index is 1300. The van der Waals surface area contributed by atoms with Crippen molar-refractivity contribution in [3.8, 4) is 34.0 Å². The third-order valence-corrected chi connectivity index (χ3v) is 7.79. The topological polar surface area (TPSA) is 84.3 Å². The summed E-state index contributed by atoms with van der Waals surface area (Å²) in [6, 6.07) is 7.86. The molecule has 11 heteroatoms. The second-order valence-corrected chi connectivity index (χ2v) is 11.3. The predicted octanol–water partition coefficient (Wildman–Crippen LogP) is 3.74. The van der Waals surface area contributed by atoms with Crippen LogP contribution < -0.4 is 9.64 Å². The fourth-order valence-corrected chi connectivity index (χ4v) is 6.20. The lowest BCUT2D eigenvalue weighted by Gasteiger charge is -2.44. The van der Waals surface area contributed by atoms with Crippen molar-refractivity contribution in [2.24, 2.45) is 10.8 Å². The minimum atomic E-state index is -1.97. The van der Waals surface area contributed by atoms with Crippen molar-refractivity contribution in [3.05, 3.63) is 42.3 Å². The number of anilines is 1. The molecular formula is C26H27B3FN5O2. The molecule has 2 fully saturated rings. The summed E-state index contributed by atoms with van der Waals surface area (Å²) in [4.78, 5) is 2.20. The van der Waals surface area contributed by atoms with Gasteiger partial charge >= 0.3 is 0 Å². The van der Waals surface area contributed by atoms with Crippen LogP contribution in [0.1, 0.15) is 46.0 Å². The fourth-order valence-electron chi connectivity index (χ4n) is 6.20. The van der Waals surface area contributed by atoms with Crippen LogP contribution in [-0.4, -0.2) is 67.4 Å². The third kappa shape index (κ3) is 5.31. The Morgan fingerprint density at radius 2 is 1.73 bits per heavy atom. The Hall–Kier alpha value is -3.10. The van der Waals surface area contributed by atoms with Gasteiger partial charge in [-0.3, -0.25) is 0 Å². The monoisotopic (exact) mass is 493 g/mol. The van der Waals surface area contributed by atoms with Crippen molar-refractivity contribution in [1.29, 1.82) is 0 Å². The zero-order valence-electron chi connectivity index (χ0n) is 21.3. The molecule has 2 bridgehead atoms. The SMILES string of the molecule is [B]C([B])([B])Oc1cc(-c2cc(O)c(-c3ccc(N(C)C4C[C@]5(C)CC[C@](C)(C4)C5)nn3)cc2F)cnn1. The maximum atomic E-state index is 15.1. The number of benzene rings is 1. The van der Waals surface area contributed by atoms with E-state index in [1.165, 1.54) is 43.7 Å². The predicted molar refractivity (Wildman–Crippen MR) is 142 cm³/mol. The number of aromatic nitrogens is 4. The van der Waals surface area contributed by atoms with Crippen LogP contribution >= 0.6 is 0 Å². The van der Waals surface area contributed by atoms with Crippen molar-refractivity contribution in [1.82, 2.24) is 20.4 Å². The van der Waals surface area contributed by atoms with Gasteiger partial charge in [-0.15, -0.1) is 15.3 Å². The molecular weight excluding hydrogens is 466 g/mol. The molecule has 1 N–H and O–H groups in total. The van der Waals surface area contributed by atoms with Gasteiger partial charge in [-0.1, -0.05) is 13.8 Å². The van der Waals surface area contributed by atoms with E-state index in [9.17, 15) is 5.11 Å². The van der Waals surface area contributed by atoms with Gasteiger partial charge < -0.3 is 14.7 Å². The van der Waals surface area contributed by atoms with E-state index in [0.717, 1.165) is 18.7 Å². The van der Waals surface area contributed by atoms with E-state index in [0.29, 0.717) is 28.1 Å². The molecule has 2 aromatic heterocycles. The summed E-state index contributed by atoms with van der Waals surface area (Å²) in [5, 5.41) is 25.0. The highest BCUT2D eigenvalue weighted by Gasteiger charge is 2.50. The molecule has 5 rings (SSSR count). The molecule has 1 unspecified atom stereocenters. The van der Waals surface area contributed by atoms with E-state index >= 15 is 4.39 Å². The molecule has 2 saturated carbocycles. The van der Waals surface area contributed by atoms with Crippen LogP contribution in [-0.2, 0) is 0 Å². The number of ether oxygens (including phenoxy) is 1. The molecule has 0 saturated heterocycles. The smallest absolute Gasteiger partial charge is 0.232 e. The van der Waals surface area contributed by atoms with Crippen molar-refractivity contribution in [2.45, 2.75) is 57.3 Å². The summed E-state index contributed by atoms with van der Waals surface area (Å²) in [5.41, 5.74) is 1.71. The molecule has 0 aliphatic heterocycles. The Kier molecular flexibility index (Phi) is 6.24. The van der Waals surface area contributed by atoms with Gasteiger partial charge in [-0.05, 0) is 72.5 Å². The van der Waals surface area contributed by atoms with Gasteiger partial charge in [0.25, 0.3) is 0 Å². The minimum Gasteiger partial charge on any atom is -0.507 e. The Labute approximate surface area is 220 Å². The second-order valence-electron chi connectivity index (χ2n) is 11.3. The van der Waals surface area contributed by atoms with E-state index in [4.69, 9.17) is 28.3 Å². The molecule has 3 atom stereocenters. The largest absolute Gasteiger partial charge is 0.507 e. The second kappa shape index (κ2) is 9.03. The first kappa shape index (κ1) is 25.6. The lowest BCUT2D eigenvalue weighted by molar-refractivity contribution is 0.148.